The summed E-state index contributed by atoms with van der Waals surface area (Å²) in [5, 5.41) is 10.1. The Morgan fingerprint density at radius 1 is 1.13 bits per heavy atom. The second-order valence-electron chi connectivity index (χ2n) is 7.41. The molecule has 1 aromatic carbocycles. The summed E-state index contributed by atoms with van der Waals surface area (Å²) in [6.45, 7) is 3.15. The zero-order valence-corrected chi connectivity index (χ0v) is 16.4. The molecule has 0 aliphatic carbocycles. The van der Waals surface area contributed by atoms with E-state index in [0.29, 0.717) is 19.5 Å². The second kappa shape index (κ2) is 8.12. The summed E-state index contributed by atoms with van der Waals surface area (Å²) in [6.07, 6.45) is 2.94. The van der Waals surface area contributed by atoms with Crippen LogP contribution >= 0.6 is 0 Å². The molecule has 0 saturated carbocycles. The van der Waals surface area contributed by atoms with Crippen LogP contribution in [-0.4, -0.2) is 46.7 Å². The SMILES string of the molecule is Cc1ccc(C2=CC=CN(c3ccc(OC(F)(F)F)cc3)[C@@H]2N2CCC(O)C2)cn1. The quantitative estimate of drug-likeness (QED) is 0.812. The van der Waals surface area contributed by atoms with E-state index in [1.165, 1.54) is 12.1 Å². The van der Waals surface area contributed by atoms with Crippen LogP contribution in [0.1, 0.15) is 17.7 Å². The van der Waals surface area contributed by atoms with Gasteiger partial charge in [0.1, 0.15) is 11.9 Å². The van der Waals surface area contributed by atoms with Crippen LogP contribution in [0.25, 0.3) is 5.57 Å². The molecule has 0 radical (unpaired) electrons. The summed E-state index contributed by atoms with van der Waals surface area (Å²) in [5.41, 5.74) is 3.60. The van der Waals surface area contributed by atoms with Crippen molar-refractivity contribution < 1.29 is 23.0 Å². The first-order valence-electron chi connectivity index (χ1n) is 9.68. The number of nitrogens with zero attached hydrogens (tertiary/aromatic N) is 3. The fraction of sp³-hybridized carbons (Fsp3) is 0.318. The molecule has 158 valence electrons. The standard InChI is InChI=1S/C22H22F3N3O2/c1-15-4-5-16(13-26-15)20-3-2-11-28(21(20)27-12-10-18(29)14-27)17-6-8-19(9-7-17)30-22(23,24)25/h2-9,11,13,18,21,29H,10,12,14H2,1H3/t18?,21-/m0/s1. The van der Waals surface area contributed by atoms with Gasteiger partial charge in [-0.05, 0) is 60.9 Å². The van der Waals surface area contributed by atoms with Crippen molar-refractivity contribution in [3.05, 3.63) is 72.2 Å². The lowest BCUT2D eigenvalue weighted by atomic mass is 9.99. The molecule has 2 aliphatic heterocycles. The molecule has 2 aliphatic rings. The number of hydrogen-bond donors (Lipinski definition) is 1. The Balaban J connectivity index is 1.67. The Bertz CT molecular complexity index is 940. The van der Waals surface area contributed by atoms with E-state index in [4.69, 9.17) is 0 Å². The van der Waals surface area contributed by atoms with Crippen LogP contribution in [0.4, 0.5) is 18.9 Å². The fourth-order valence-electron chi connectivity index (χ4n) is 3.85. The first-order valence-corrected chi connectivity index (χ1v) is 9.68. The molecule has 1 aromatic heterocycles. The molecule has 30 heavy (non-hydrogen) atoms. The van der Waals surface area contributed by atoms with Gasteiger partial charge in [-0.15, -0.1) is 13.2 Å². The molecule has 3 heterocycles. The molecule has 4 rings (SSSR count). The van der Waals surface area contributed by atoms with Crippen LogP contribution in [0.2, 0.25) is 0 Å². The van der Waals surface area contributed by atoms with E-state index in [1.807, 2.05) is 48.5 Å². The van der Waals surface area contributed by atoms with Crippen LogP contribution in [0.15, 0.2) is 60.9 Å². The predicted molar refractivity (Wildman–Crippen MR) is 108 cm³/mol. The van der Waals surface area contributed by atoms with E-state index in [2.05, 4.69) is 14.6 Å². The molecule has 2 atom stereocenters. The maximum Gasteiger partial charge on any atom is 0.573 e. The van der Waals surface area contributed by atoms with Gasteiger partial charge in [0, 0.05) is 36.9 Å². The maximum atomic E-state index is 12.5. The fourth-order valence-corrected chi connectivity index (χ4v) is 3.85. The Labute approximate surface area is 172 Å². The summed E-state index contributed by atoms with van der Waals surface area (Å²) < 4.78 is 41.4. The summed E-state index contributed by atoms with van der Waals surface area (Å²) >= 11 is 0. The highest BCUT2D eigenvalue weighted by atomic mass is 19.4. The minimum atomic E-state index is -4.73. The molecular formula is C22H22F3N3O2. The summed E-state index contributed by atoms with van der Waals surface area (Å²) in [6, 6.07) is 9.75. The number of halogens is 3. The molecule has 1 unspecified atom stereocenters. The number of likely N-dealkylation sites (tertiary alicyclic amines) is 1. The largest absolute Gasteiger partial charge is 0.573 e. The van der Waals surface area contributed by atoms with E-state index in [-0.39, 0.29) is 11.9 Å². The molecule has 1 fully saturated rings. The summed E-state index contributed by atoms with van der Waals surface area (Å²) in [7, 11) is 0. The molecule has 0 amide bonds. The van der Waals surface area contributed by atoms with Crippen LogP contribution in [0, 0.1) is 6.92 Å². The van der Waals surface area contributed by atoms with Gasteiger partial charge in [0.2, 0.25) is 0 Å². The Morgan fingerprint density at radius 3 is 2.50 bits per heavy atom. The molecule has 5 nitrogen and oxygen atoms in total. The van der Waals surface area contributed by atoms with Gasteiger partial charge in [-0.25, -0.2) is 0 Å². The number of benzene rings is 1. The van der Waals surface area contributed by atoms with E-state index in [0.717, 1.165) is 22.5 Å². The lowest BCUT2D eigenvalue weighted by Crippen LogP contribution is -2.47. The lowest BCUT2D eigenvalue weighted by molar-refractivity contribution is -0.274. The number of anilines is 1. The molecule has 0 spiro atoms. The van der Waals surface area contributed by atoms with Crippen molar-refractivity contribution in [1.82, 2.24) is 9.88 Å². The van der Waals surface area contributed by atoms with E-state index in [9.17, 15) is 18.3 Å². The van der Waals surface area contributed by atoms with Gasteiger partial charge in [-0.3, -0.25) is 9.88 Å². The van der Waals surface area contributed by atoms with E-state index < -0.39 is 12.5 Å². The normalized spacial score (nSPS) is 22.3. The number of aryl methyl sites for hydroxylation is 1. The van der Waals surface area contributed by atoms with E-state index >= 15 is 0 Å². The van der Waals surface area contributed by atoms with Crippen molar-refractivity contribution in [2.24, 2.45) is 0 Å². The Hall–Kier alpha value is -2.84. The number of rotatable bonds is 4. The molecule has 8 heteroatoms. The van der Waals surface area contributed by atoms with E-state index in [1.54, 1.807) is 12.1 Å². The second-order valence-corrected chi connectivity index (χ2v) is 7.41. The molecular weight excluding hydrogens is 395 g/mol. The monoisotopic (exact) mass is 417 g/mol. The molecule has 1 saturated heterocycles. The van der Waals surface area contributed by atoms with Crippen LogP contribution in [0.5, 0.6) is 5.75 Å². The zero-order chi connectivity index (χ0) is 21.3. The predicted octanol–water partition coefficient (Wildman–Crippen LogP) is 4.10. The first kappa shape index (κ1) is 20.4. The highest BCUT2D eigenvalue weighted by Gasteiger charge is 2.35. The maximum absolute atomic E-state index is 12.5. The van der Waals surface area contributed by atoms with Gasteiger partial charge >= 0.3 is 6.36 Å². The van der Waals surface area contributed by atoms with Crippen LogP contribution in [0.3, 0.4) is 0 Å². The summed E-state index contributed by atoms with van der Waals surface area (Å²) in [5.74, 6) is -0.265. The highest BCUT2D eigenvalue weighted by molar-refractivity contribution is 5.77. The number of β-amino-alcohol motifs (C(OH)–C–C–N with tert-alkyl or cyclic N) is 1. The summed E-state index contributed by atoms with van der Waals surface area (Å²) in [4.78, 5) is 8.56. The number of aromatic nitrogens is 1. The molecule has 2 aromatic rings. The van der Waals surface area contributed by atoms with Crippen molar-refractivity contribution in [3.8, 4) is 5.75 Å². The smallest absolute Gasteiger partial charge is 0.406 e. The Morgan fingerprint density at radius 2 is 1.90 bits per heavy atom. The van der Waals surface area contributed by atoms with Crippen LogP contribution < -0.4 is 9.64 Å². The highest BCUT2D eigenvalue weighted by Crippen LogP contribution is 2.35. The first-order chi connectivity index (χ1) is 14.3. The third-order valence-corrected chi connectivity index (χ3v) is 5.22. The molecule has 1 N–H and O–H groups in total. The van der Waals surface area contributed by atoms with Crippen molar-refractivity contribution in [3.63, 3.8) is 0 Å². The van der Waals surface area contributed by atoms with Gasteiger partial charge in [-0.2, -0.15) is 0 Å². The minimum Gasteiger partial charge on any atom is -0.406 e. The van der Waals surface area contributed by atoms with Gasteiger partial charge in [0.05, 0.1) is 6.10 Å². The topological polar surface area (TPSA) is 48.8 Å². The number of hydrogen-bond acceptors (Lipinski definition) is 5. The van der Waals surface area contributed by atoms with Crippen molar-refractivity contribution in [2.45, 2.75) is 32.0 Å². The van der Waals surface area contributed by atoms with Crippen molar-refractivity contribution in [1.29, 1.82) is 0 Å². The number of allylic oxidation sites excluding steroid dienone is 2. The number of alkyl halides is 3. The number of ether oxygens (including phenoxy) is 1. The average molecular weight is 417 g/mol. The average Bonchev–Trinajstić information content (AvgIpc) is 3.13. The Kier molecular flexibility index (Phi) is 5.53. The minimum absolute atomic E-state index is 0.217. The number of pyridine rings is 1. The lowest BCUT2D eigenvalue weighted by Gasteiger charge is -2.40. The van der Waals surface area contributed by atoms with Gasteiger partial charge in [0.15, 0.2) is 0 Å². The van der Waals surface area contributed by atoms with Gasteiger partial charge < -0.3 is 14.7 Å². The van der Waals surface area contributed by atoms with Crippen molar-refractivity contribution in [2.75, 3.05) is 18.0 Å². The number of aliphatic hydroxyl groups is 1. The molecule has 0 bridgehead atoms. The number of aliphatic hydroxyl groups excluding tert-OH is 1. The van der Waals surface area contributed by atoms with Gasteiger partial charge in [-0.1, -0.05) is 12.1 Å². The third kappa shape index (κ3) is 4.49. The third-order valence-electron chi connectivity index (χ3n) is 5.22. The zero-order valence-electron chi connectivity index (χ0n) is 16.4. The van der Waals surface area contributed by atoms with Crippen molar-refractivity contribution >= 4 is 11.3 Å². The van der Waals surface area contributed by atoms with Crippen LogP contribution in [-0.2, 0) is 0 Å². The van der Waals surface area contributed by atoms with Gasteiger partial charge in [0.25, 0.3) is 0 Å².